The van der Waals surface area contributed by atoms with Crippen LogP contribution in [0.25, 0.3) is 10.8 Å². The summed E-state index contributed by atoms with van der Waals surface area (Å²) in [4.78, 5) is 7.25. The molecule has 0 saturated carbocycles. The van der Waals surface area contributed by atoms with Gasteiger partial charge in [0, 0.05) is 23.2 Å². The van der Waals surface area contributed by atoms with E-state index in [-0.39, 0.29) is 0 Å². The fourth-order valence-electron chi connectivity index (χ4n) is 2.06. The summed E-state index contributed by atoms with van der Waals surface area (Å²) < 4.78 is 5.61. The topological polar surface area (TPSA) is 38.1 Å². The first-order chi connectivity index (χ1) is 9.22. The van der Waals surface area contributed by atoms with Crippen molar-refractivity contribution in [1.29, 1.82) is 0 Å². The maximum Gasteiger partial charge on any atom is 0.236 e. The third-order valence-corrected chi connectivity index (χ3v) is 5.31. The van der Waals surface area contributed by atoms with E-state index in [0.717, 1.165) is 23.9 Å². The molecule has 0 amide bonds. The Morgan fingerprint density at radius 1 is 1.47 bits per heavy atom. The van der Waals surface area contributed by atoms with Crippen molar-refractivity contribution in [2.24, 2.45) is 0 Å². The molecule has 3 heterocycles. The number of oxazole rings is 1. The molecule has 1 N–H and O–H groups in total. The van der Waals surface area contributed by atoms with Gasteiger partial charge in [0.25, 0.3) is 0 Å². The van der Waals surface area contributed by atoms with Crippen LogP contribution in [0.3, 0.4) is 0 Å². The molecule has 0 unspecified atom stereocenters. The molecule has 3 nitrogen and oxygen atoms in total. The lowest BCUT2D eigenvalue weighted by Crippen LogP contribution is -2.21. The quantitative estimate of drug-likeness (QED) is 0.933. The predicted molar refractivity (Wildman–Crippen MR) is 81.7 cm³/mol. The number of hydrogen-bond donors (Lipinski definition) is 1. The van der Waals surface area contributed by atoms with Gasteiger partial charge >= 0.3 is 0 Å². The molecule has 0 spiro atoms. The lowest BCUT2D eigenvalue weighted by Gasteiger charge is -2.08. The van der Waals surface area contributed by atoms with E-state index in [0.29, 0.717) is 6.04 Å². The predicted octanol–water partition coefficient (Wildman–Crippen LogP) is 3.69. The van der Waals surface area contributed by atoms with Crippen molar-refractivity contribution in [3.8, 4) is 10.8 Å². The number of aromatic nitrogens is 1. The van der Waals surface area contributed by atoms with E-state index in [9.17, 15) is 0 Å². The Hall–Kier alpha value is -0.780. The lowest BCUT2D eigenvalue weighted by atomic mass is 10.2. The molecule has 2 aromatic rings. The van der Waals surface area contributed by atoms with Gasteiger partial charge in [-0.3, -0.25) is 0 Å². The number of rotatable bonds is 4. The van der Waals surface area contributed by atoms with Gasteiger partial charge in [-0.05, 0) is 23.8 Å². The minimum Gasteiger partial charge on any atom is -0.444 e. The number of fused-ring (bicyclic) bond motifs is 1. The summed E-state index contributed by atoms with van der Waals surface area (Å²) in [5.74, 6) is 3.14. The van der Waals surface area contributed by atoms with Gasteiger partial charge in [-0.2, -0.15) is 11.8 Å². The van der Waals surface area contributed by atoms with E-state index < -0.39 is 0 Å². The minimum absolute atomic E-state index is 0.464. The van der Waals surface area contributed by atoms with E-state index >= 15 is 0 Å². The standard InChI is InChI=1S/C14H18N2OS2/c1-9(2)15-6-11-7-17-14(16-11)13-5-10-8-18-4-3-12(10)19-13/h5,7,9,15H,3-4,6,8H2,1-2H3. The average molecular weight is 294 g/mol. The third kappa shape index (κ3) is 3.04. The number of nitrogens with zero attached hydrogens (tertiary/aromatic N) is 1. The van der Waals surface area contributed by atoms with Crippen LogP contribution in [0.4, 0.5) is 0 Å². The molecule has 1 aliphatic rings. The SMILES string of the molecule is CC(C)NCc1coc(-c2cc3c(s2)CCSC3)n1. The molecule has 2 aromatic heterocycles. The smallest absolute Gasteiger partial charge is 0.236 e. The second-order valence-corrected chi connectivity index (χ2v) is 7.28. The summed E-state index contributed by atoms with van der Waals surface area (Å²) in [5, 5.41) is 3.35. The number of hydrogen-bond acceptors (Lipinski definition) is 5. The lowest BCUT2D eigenvalue weighted by molar-refractivity contribution is 0.561. The van der Waals surface area contributed by atoms with Gasteiger partial charge in [0.1, 0.15) is 6.26 Å². The Morgan fingerprint density at radius 3 is 3.16 bits per heavy atom. The third-order valence-electron chi connectivity index (χ3n) is 3.08. The average Bonchev–Trinajstić information content (AvgIpc) is 3.02. The van der Waals surface area contributed by atoms with Gasteiger partial charge in [-0.25, -0.2) is 4.98 Å². The van der Waals surface area contributed by atoms with Gasteiger partial charge in [0.05, 0.1) is 10.6 Å². The van der Waals surface area contributed by atoms with Crippen LogP contribution in [0.1, 0.15) is 30.0 Å². The molecule has 0 fully saturated rings. The van der Waals surface area contributed by atoms with Crippen LogP contribution in [0.2, 0.25) is 0 Å². The van der Waals surface area contributed by atoms with Gasteiger partial charge in [-0.15, -0.1) is 11.3 Å². The largest absolute Gasteiger partial charge is 0.444 e. The van der Waals surface area contributed by atoms with Crippen molar-refractivity contribution in [1.82, 2.24) is 10.3 Å². The van der Waals surface area contributed by atoms with Crippen LogP contribution >= 0.6 is 23.1 Å². The highest BCUT2D eigenvalue weighted by atomic mass is 32.2. The highest BCUT2D eigenvalue weighted by molar-refractivity contribution is 7.98. The molecular weight excluding hydrogens is 276 g/mol. The van der Waals surface area contributed by atoms with E-state index in [4.69, 9.17) is 4.42 Å². The van der Waals surface area contributed by atoms with Crippen molar-refractivity contribution in [3.63, 3.8) is 0 Å². The number of nitrogens with one attached hydrogen (secondary N) is 1. The molecule has 0 radical (unpaired) electrons. The summed E-state index contributed by atoms with van der Waals surface area (Å²) in [6.45, 7) is 5.03. The molecule has 3 rings (SSSR count). The Labute approximate surface area is 121 Å². The summed E-state index contributed by atoms with van der Waals surface area (Å²) in [7, 11) is 0. The van der Waals surface area contributed by atoms with Crippen molar-refractivity contribution in [2.45, 2.75) is 38.6 Å². The van der Waals surface area contributed by atoms with E-state index in [1.165, 1.54) is 27.5 Å². The normalized spacial score (nSPS) is 14.9. The maximum atomic E-state index is 5.61. The molecule has 0 aromatic carbocycles. The van der Waals surface area contributed by atoms with Crippen molar-refractivity contribution in [2.75, 3.05) is 5.75 Å². The first-order valence-corrected chi connectivity index (χ1v) is 8.57. The molecule has 0 atom stereocenters. The fraction of sp³-hybridized carbons (Fsp3) is 0.500. The minimum atomic E-state index is 0.464. The zero-order chi connectivity index (χ0) is 13.2. The van der Waals surface area contributed by atoms with Gasteiger partial charge in [0.2, 0.25) is 5.89 Å². The molecule has 19 heavy (non-hydrogen) atoms. The summed E-state index contributed by atoms with van der Waals surface area (Å²) in [5.41, 5.74) is 2.45. The van der Waals surface area contributed by atoms with Crippen LogP contribution < -0.4 is 5.32 Å². The van der Waals surface area contributed by atoms with Crippen LogP contribution in [0, 0.1) is 0 Å². The molecule has 0 aliphatic carbocycles. The first-order valence-electron chi connectivity index (χ1n) is 6.60. The second kappa shape index (κ2) is 5.69. The Bertz CT molecular complexity index is 536. The van der Waals surface area contributed by atoms with Crippen molar-refractivity contribution in [3.05, 3.63) is 28.5 Å². The first kappa shape index (κ1) is 13.2. The number of aryl methyl sites for hydroxylation is 1. The van der Waals surface area contributed by atoms with Gasteiger partial charge < -0.3 is 9.73 Å². The zero-order valence-corrected chi connectivity index (χ0v) is 12.9. The van der Waals surface area contributed by atoms with Gasteiger partial charge in [0.15, 0.2) is 0 Å². The van der Waals surface area contributed by atoms with E-state index in [1.54, 1.807) is 6.26 Å². The summed E-state index contributed by atoms with van der Waals surface area (Å²) in [6, 6.07) is 2.71. The van der Waals surface area contributed by atoms with E-state index in [1.807, 2.05) is 23.1 Å². The van der Waals surface area contributed by atoms with Crippen LogP contribution in [-0.2, 0) is 18.7 Å². The van der Waals surface area contributed by atoms with Crippen LogP contribution in [0.5, 0.6) is 0 Å². The maximum absolute atomic E-state index is 5.61. The Morgan fingerprint density at radius 2 is 2.37 bits per heavy atom. The molecule has 5 heteroatoms. The van der Waals surface area contributed by atoms with Crippen LogP contribution in [0.15, 0.2) is 16.7 Å². The summed E-state index contributed by atoms with van der Waals surface area (Å²) >= 11 is 3.84. The number of thiophene rings is 1. The van der Waals surface area contributed by atoms with Crippen molar-refractivity contribution < 1.29 is 4.42 Å². The fourth-order valence-corrected chi connectivity index (χ4v) is 4.37. The molecule has 0 saturated heterocycles. The molecule has 1 aliphatic heterocycles. The highest BCUT2D eigenvalue weighted by Gasteiger charge is 2.17. The zero-order valence-electron chi connectivity index (χ0n) is 11.2. The van der Waals surface area contributed by atoms with Gasteiger partial charge in [-0.1, -0.05) is 13.8 Å². The van der Waals surface area contributed by atoms with Crippen molar-refractivity contribution >= 4 is 23.1 Å². The molecule has 102 valence electrons. The Kier molecular flexibility index (Phi) is 3.96. The van der Waals surface area contributed by atoms with E-state index in [2.05, 4.69) is 30.2 Å². The van der Waals surface area contributed by atoms with Crippen LogP contribution in [-0.4, -0.2) is 16.8 Å². The second-order valence-electron chi connectivity index (χ2n) is 5.04. The highest BCUT2D eigenvalue weighted by Crippen LogP contribution is 2.36. The summed E-state index contributed by atoms with van der Waals surface area (Å²) in [6.07, 6.45) is 2.95. The molecular formula is C14H18N2OS2. The molecule has 0 bridgehead atoms. The Balaban J connectivity index is 1.76. The monoisotopic (exact) mass is 294 g/mol. The number of thioether (sulfide) groups is 1.